The van der Waals surface area contributed by atoms with E-state index in [0.29, 0.717) is 6.61 Å². The SMILES string of the molecule is CCC(N)(CC)COCC(=O)Nc1ccc(Br)cc1. The van der Waals surface area contributed by atoms with Crippen LogP contribution in [-0.2, 0) is 9.53 Å². The van der Waals surface area contributed by atoms with Crippen LogP contribution in [0.3, 0.4) is 0 Å². The molecule has 0 aliphatic heterocycles. The average Bonchev–Trinajstić information content (AvgIpc) is 2.41. The minimum Gasteiger partial charge on any atom is -0.370 e. The molecular weight excluding hydrogens is 308 g/mol. The molecule has 4 nitrogen and oxygen atoms in total. The first-order valence-corrected chi connectivity index (χ1v) is 7.20. The number of carbonyl (C=O) groups excluding carboxylic acids is 1. The number of hydrogen-bond donors (Lipinski definition) is 2. The van der Waals surface area contributed by atoms with Crippen molar-refractivity contribution >= 4 is 27.5 Å². The van der Waals surface area contributed by atoms with Crippen LogP contribution in [0.25, 0.3) is 0 Å². The van der Waals surface area contributed by atoms with E-state index in [4.69, 9.17) is 10.5 Å². The fourth-order valence-corrected chi connectivity index (χ4v) is 1.80. The Balaban J connectivity index is 2.34. The third-order valence-electron chi connectivity index (χ3n) is 3.16. The van der Waals surface area contributed by atoms with Crippen LogP contribution in [-0.4, -0.2) is 24.7 Å². The van der Waals surface area contributed by atoms with E-state index >= 15 is 0 Å². The summed E-state index contributed by atoms with van der Waals surface area (Å²) >= 11 is 3.34. The van der Waals surface area contributed by atoms with Gasteiger partial charge in [-0.3, -0.25) is 4.79 Å². The molecule has 0 fully saturated rings. The topological polar surface area (TPSA) is 64.3 Å². The Labute approximate surface area is 122 Å². The number of carbonyl (C=O) groups is 1. The molecule has 0 aromatic heterocycles. The van der Waals surface area contributed by atoms with Crippen LogP contribution in [0.1, 0.15) is 26.7 Å². The molecule has 0 radical (unpaired) electrons. The number of halogens is 1. The first-order valence-electron chi connectivity index (χ1n) is 6.41. The first kappa shape index (κ1) is 16.1. The van der Waals surface area contributed by atoms with Crippen LogP contribution in [0.5, 0.6) is 0 Å². The summed E-state index contributed by atoms with van der Waals surface area (Å²) in [6, 6.07) is 7.39. The zero-order valence-electron chi connectivity index (χ0n) is 11.4. The van der Waals surface area contributed by atoms with Gasteiger partial charge < -0.3 is 15.8 Å². The van der Waals surface area contributed by atoms with E-state index in [1.54, 1.807) is 0 Å². The zero-order valence-corrected chi connectivity index (χ0v) is 13.0. The molecule has 0 aliphatic carbocycles. The number of benzene rings is 1. The van der Waals surface area contributed by atoms with E-state index in [2.05, 4.69) is 21.2 Å². The monoisotopic (exact) mass is 328 g/mol. The van der Waals surface area contributed by atoms with E-state index in [1.807, 2.05) is 38.1 Å². The predicted octanol–water partition coefficient (Wildman–Crippen LogP) is 2.92. The minimum atomic E-state index is -0.335. The van der Waals surface area contributed by atoms with Crippen molar-refractivity contribution in [2.75, 3.05) is 18.5 Å². The van der Waals surface area contributed by atoms with Crippen LogP contribution in [0, 0.1) is 0 Å². The fraction of sp³-hybridized carbons (Fsp3) is 0.500. The van der Waals surface area contributed by atoms with Crippen LogP contribution in [0.15, 0.2) is 28.7 Å². The van der Waals surface area contributed by atoms with E-state index < -0.39 is 0 Å². The number of anilines is 1. The van der Waals surface area contributed by atoms with Gasteiger partial charge >= 0.3 is 0 Å². The van der Waals surface area contributed by atoms with Crippen molar-refractivity contribution in [2.24, 2.45) is 5.73 Å². The Kier molecular flexibility index (Phi) is 6.48. The van der Waals surface area contributed by atoms with Crippen LogP contribution < -0.4 is 11.1 Å². The standard InChI is InChI=1S/C14H21BrN2O2/c1-3-14(16,4-2)10-19-9-13(18)17-12-7-5-11(15)6-8-12/h5-8H,3-4,9-10,16H2,1-2H3,(H,17,18). The minimum absolute atomic E-state index is 0.0228. The molecule has 1 rings (SSSR count). The van der Waals surface area contributed by atoms with Crippen molar-refractivity contribution in [3.05, 3.63) is 28.7 Å². The Morgan fingerprint density at radius 2 is 1.89 bits per heavy atom. The smallest absolute Gasteiger partial charge is 0.250 e. The van der Waals surface area contributed by atoms with Crippen LogP contribution in [0.4, 0.5) is 5.69 Å². The number of hydrogen-bond acceptors (Lipinski definition) is 3. The maximum atomic E-state index is 11.7. The van der Waals surface area contributed by atoms with Gasteiger partial charge in [0.15, 0.2) is 0 Å². The maximum absolute atomic E-state index is 11.7. The molecular formula is C14H21BrN2O2. The highest BCUT2D eigenvalue weighted by Gasteiger charge is 2.20. The summed E-state index contributed by atoms with van der Waals surface area (Å²) in [6.45, 7) is 4.46. The van der Waals surface area contributed by atoms with E-state index in [-0.39, 0.29) is 18.1 Å². The Bertz CT molecular complexity index is 402. The number of rotatable bonds is 7. The summed E-state index contributed by atoms with van der Waals surface area (Å²) in [5, 5.41) is 2.77. The van der Waals surface area contributed by atoms with Gasteiger partial charge in [-0.05, 0) is 37.1 Å². The highest BCUT2D eigenvalue weighted by Crippen LogP contribution is 2.14. The molecule has 0 aliphatic rings. The fourth-order valence-electron chi connectivity index (χ4n) is 1.53. The highest BCUT2D eigenvalue weighted by molar-refractivity contribution is 9.10. The summed E-state index contributed by atoms with van der Waals surface area (Å²) in [7, 11) is 0. The van der Waals surface area contributed by atoms with Gasteiger partial charge in [0, 0.05) is 15.7 Å². The van der Waals surface area contributed by atoms with E-state index in [9.17, 15) is 4.79 Å². The molecule has 0 unspecified atom stereocenters. The molecule has 1 aromatic carbocycles. The van der Waals surface area contributed by atoms with Crippen LogP contribution in [0.2, 0.25) is 0 Å². The van der Waals surface area contributed by atoms with Gasteiger partial charge in [-0.2, -0.15) is 0 Å². The van der Waals surface area contributed by atoms with Gasteiger partial charge in [0.05, 0.1) is 6.61 Å². The second-order valence-corrected chi connectivity index (χ2v) is 5.53. The second kappa shape index (κ2) is 7.62. The van der Waals surface area contributed by atoms with Gasteiger partial charge in [-0.15, -0.1) is 0 Å². The normalized spacial score (nSPS) is 11.4. The summed E-state index contributed by atoms with van der Waals surface area (Å²) in [5.74, 6) is -0.170. The van der Waals surface area contributed by atoms with Crippen molar-refractivity contribution in [3.8, 4) is 0 Å². The van der Waals surface area contributed by atoms with Gasteiger partial charge in [-0.1, -0.05) is 29.8 Å². The quantitative estimate of drug-likeness (QED) is 0.808. The lowest BCUT2D eigenvalue weighted by Crippen LogP contribution is -2.43. The van der Waals surface area contributed by atoms with Crippen LogP contribution >= 0.6 is 15.9 Å². The molecule has 0 heterocycles. The predicted molar refractivity (Wildman–Crippen MR) is 81.1 cm³/mol. The lowest BCUT2D eigenvalue weighted by atomic mass is 9.96. The Morgan fingerprint density at radius 3 is 2.42 bits per heavy atom. The summed E-state index contributed by atoms with van der Waals surface area (Å²) in [6.07, 6.45) is 1.66. The van der Waals surface area contributed by atoms with E-state index in [0.717, 1.165) is 23.0 Å². The molecule has 0 saturated carbocycles. The lowest BCUT2D eigenvalue weighted by Gasteiger charge is -2.25. The maximum Gasteiger partial charge on any atom is 0.250 e. The molecule has 1 amide bonds. The molecule has 0 bridgehead atoms. The van der Waals surface area contributed by atoms with Crippen molar-refractivity contribution in [2.45, 2.75) is 32.2 Å². The van der Waals surface area contributed by atoms with Gasteiger partial charge in [0.25, 0.3) is 0 Å². The summed E-state index contributed by atoms with van der Waals surface area (Å²) in [5.41, 5.74) is 6.51. The molecule has 1 aromatic rings. The number of amides is 1. The zero-order chi connectivity index (χ0) is 14.3. The molecule has 5 heteroatoms. The second-order valence-electron chi connectivity index (χ2n) is 4.62. The Morgan fingerprint density at radius 1 is 1.32 bits per heavy atom. The molecule has 0 atom stereocenters. The van der Waals surface area contributed by atoms with Gasteiger partial charge in [0.1, 0.15) is 6.61 Å². The van der Waals surface area contributed by atoms with Gasteiger partial charge in [0.2, 0.25) is 5.91 Å². The van der Waals surface area contributed by atoms with E-state index in [1.165, 1.54) is 0 Å². The van der Waals surface area contributed by atoms with Crippen molar-refractivity contribution in [1.29, 1.82) is 0 Å². The first-order chi connectivity index (χ1) is 8.99. The third kappa shape index (κ3) is 5.72. The van der Waals surface area contributed by atoms with Crippen molar-refractivity contribution in [1.82, 2.24) is 0 Å². The number of ether oxygens (including phenoxy) is 1. The molecule has 0 spiro atoms. The van der Waals surface area contributed by atoms with Crippen molar-refractivity contribution < 1.29 is 9.53 Å². The van der Waals surface area contributed by atoms with Crippen molar-refractivity contribution in [3.63, 3.8) is 0 Å². The average molecular weight is 329 g/mol. The lowest BCUT2D eigenvalue weighted by molar-refractivity contribution is -0.121. The third-order valence-corrected chi connectivity index (χ3v) is 3.69. The summed E-state index contributed by atoms with van der Waals surface area (Å²) in [4.78, 5) is 11.7. The molecule has 106 valence electrons. The van der Waals surface area contributed by atoms with Gasteiger partial charge in [-0.25, -0.2) is 0 Å². The summed E-state index contributed by atoms with van der Waals surface area (Å²) < 4.78 is 6.36. The Hall–Kier alpha value is -0.910. The number of nitrogens with two attached hydrogens (primary N) is 1. The highest BCUT2D eigenvalue weighted by atomic mass is 79.9. The number of nitrogens with one attached hydrogen (secondary N) is 1. The molecule has 0 saturated heterocycles. The largest absolute Gasteiger partial charge is 0.370 e. The molecule has 19 heavy (non-hydrogen) atoms. The molecule has 3 N–H and O–H groups in total.